The highest BCUT2D eigenvalue weighted by atomic mass is 79.9. The number of pyridine rings is 1. The molecule has 1 amide bonds. The van der Waals surface area contributed by atoms with Crippen LogP contribution in [0.25, 0.3) is 0 Å². The molecule has 14 heavy (non-hydrogen) atoms. The Hall–Kier alpha value is -1.16. The van der Waals surface area contributed by atoms with Crippen LogP contribution in [0.1, 0.15) is 12.0 Å². The summed E-state index contributed by atoms with van der Waals surface area (Å²) in [4.78, 5) is 15.3. The maximum absolute atomic E-state index is 11.2. The lowest BCUT2D eigenvalue weighted by Gasteiger charge is -2.04. The van der Waals surface area contributed by atoms with Gasteiger partial charge in [-0.05, 0) is 34.5 Å². The van der Waals surface area contributed by atoms with Crippen molar-refractivity contribution in [2.45, 2.75) is 13.3 Å². The van der Waals surface area contributed by atoms with Gasteiger partial charge >= 0.3 is 0 Å². The number of anilines is 1. The number of amides is 1. The number of nitrogens with one attached hydrogen (secondary N) is 1. The molecular weight excluding hydrogens is 244 g/mol. The van der Waals surface area contributed by atoms with Crippen LogP contribution in [0.5, 0.6) is 0 Å². The first-order valence-corrected chi connectivity index (χ1v) is 4.95. The molecule has 0 bridgehead atoms. The topological polar surface area (TPSA) is 42.0 Å². The van der Waals surface area contributed by atoms with Gasteiger partial charge in [-0.2, -0.15) is 0 Å². The molecule has 0 radical (unpaired) electrons. The third-order valence-corrected chi connectivity index (χ3v) is 2.46. The summed E-state index contributed by atoms with van der Waals surface area (Å²) < 4.78 is 0.791. The van der Waals surface area contributed by atoms with Crippen LogP contribution in [-0.2, 0) is 4.79 Å². The number of nitrogens with zero attached hydrogens (tertiary/aromatic N) is 1. The lowest BCUT2D eigenvalue weighted by Crippen LogP contribution is -2.10. The second-order valence-electron chi connectivity index (χ2n) is 2.87. The molecule has 0 aliphatic carbocycles. The first-order valence-electron chi connectivity index (χ1n) is 4.16. The highest BCUT2D eigenvalue weighted by Gasteiger charge is 2.01. The Morgan fingerprint density at radius 1 is 1.79 bits per heavy atom. The van der Waals surface area contributed by atoms with Crippen LogP contribution in [0.15, 0.2) is 29.5 Å². The zero-order valence-electron chi connectivity index (χ0n) is 7.88. The molecule has 0 aromatic carbocycles. The number of rotatable bonds is 3. The van der Waals surface area contributed by atoms with Crippen molar-refractivity contribution in [3.05, 3.63) is 35.1 Å². The summed E-state index contributed by atoms with van der Waals surface area (Å²) >= 11 is 3.29. The van der Waals surface area contributed by atoms with E-state index in [0.29, 0.717) is 12.1 Å². The molecule has 0 saturated heterocycles. The lowest BCUT2D eigenvalue weighted by molar-refractivity contribution is -0.115. The fourth-order valence-electron chi connectivity index (χ4n) is 0.970. The maximum Gasteiger partial charge on any atom is 0.228 e. The molecule has 0 aliphatic heterocycles. The number of hydrogen-bond acceptors (Lipinski definition) is 2. The molecule has 1 rings (SSSR count). The minimum absolute atomic E-state index is 0.0801. The number of halogens is 1. The minimum Gasteiger partial charge on any atom is -0.324 e. The number of aryl methyl sites for hydroxylation is 1. The zero-order chi connectivity index (χ0) is 10.6. The summed E-state index contributed by atoms with van der Waals surface area (Å²) in [6.45, 7) is 5.41. The smallest absolute Gasteiger partial charge is 0.228 e. The summed E-state index contributed by atoms with van der Waals surface area (Å²) in [5, 5.41) is 2.72. The number of aromatic nitrogens is 1. The average Bonchev–Trinajstić information content (AvgIpc) is 2.12. The van der Waals surface area contributed by atoms with E-state index < -0.39 is 0 Å². The van der Waals surface area contributed by atoms with Gasteiger partial charge in [0.05, 0.1) is 11.9 Å². The van der Waals surface area contributed by atoms with Crippen molar-refractivity contribution in [1.29, 1.82) is 0 Å². The minimum atomic E-state index is -0.0801. The SMILES string of the molecule is C=CCC(=O)Nc1cnc(Br)c(C)c1. The van der Waals surface area contributed by atoms with Gasteiger partial charge in [-0.3, -0.25) is 4.79 Å². The predicted octanol–water partition coefficient (Wildman–Crippen LogP) is 2.67. The molecular formula is C10H11BrN2O. The average molecular weight is 255 g/mol. The zero-order valence-corrected chi connectivity index (χ0v) is 9.47. The molecule has 3 nitrogen and oxygen atoms in total. The molecule has 0 spiro atoms. The standard InChI is InChI=1S/C10H11BrN2O/c1-3-4-9(14)13-8-5-7(2)10(11)12-6-8/h3,5-6H,1,4H2,2H3,(H,13,14). The van der Waals surface area contributed by atoms with Crippen LogP contribution in [0, 0.1) is 6.92 Å². The van der Waals surface area contributed by atoms with E-state index in [4.69, 9.17) is 0 Å². The molecule has 4 heteroatoms. The van der Waals surface area contributed by atoms with Crippen LogP contribution in [0.3, 0.4) is 0 Å². The second-order valence-corrected chi connectivity index (χ2v) is 3.62. The van der Waals surface area contributed by atoms with E-state index in [2.05, 4.69) is 32.8 Å². The molecule has 1 N–H and O–H groups in total. The van der Waals surface area contributed by atoms with Gasteiger partial charge in [0, 0.05) is 6.42 Å². The van der Waals surface area contributed by atoms with Crippen molar-refractivity contribution in [3.63, 3.8) is 0 Å². The Morgan fingerprint density at radius 2 is 2.50 bits per heavy atom. The Morgan fingerprint density at radius 3 is 3.07 bits per heavy atom. The normalized spacial score (nSPS) is 9.57. The number of carbonyl (C=O) groups excluding carboxylic acids is 1. The predicted molar refractivity (Wildman–Crippen MR) is 60.1 cm³/mol. The van der Waals surface area contributed by atoms with Crippen molar-refractivity contribution in [3.8, 4) is 0 Å². The summed E-state index contributed by atoms with van der Waals surface area (Å²) in [6, 6.07) is 1.86. The maximum atomic E-state index is 11.2. The molecule has 74 valence electrons. The van der Waals surface area contributed by atoms with E-state index in [0.717, 1.165) is 10.2 Å². The quantitative estimate of drug-likeness (QED) is 0.666. The van der Waals surface area contributed by atoms with Gasteiger partial charge < -0.3 is 5.32 Å². The van der Waals surface area contributed by atoms with Gasteiger partial charge in [0.2, 0.25) is 5.91 Å². The monoisotopic (exact) mass is 254 g/mol. The number of hydrogen-bond donors (Lipinski definition) is 1. The Balaban J connectivity index is 2.72. The van der Waals surface area contributed by atoms with E-state index >= 15 is 0 Å². The summed E-state index contributed by atoms with van der Waals surface area (Å²) in [7, 11) is 0. The molecule has 0 fully saturated rings. The molecule has 0 atom stereocenters. The van der Waals surface area contributed by atoms with Crippen molar-refractivity contribution >= 4 is 27.5 Å². The van der Waals surface area contributed by atoms with Gasteiger partial charge in [0.15, 0.2) is 0 Å². The molecule has 0 saturated carbocycles. The summed E-state index contributed by atoms with van der Waals surface area (Å²) in [5.41, 5.74) is 1.69. The largest absolute Gasteiger partial charge is 0.324 e. The fourth-order valence-corrected chi connectivity index (χ4v) is 1.19. The lowest BCUT2D eigenvalue weighted by atomic mass is 10.3. The third-order valence-electron chi connectivity index (χ3n) is 1.63. The Labute approximate surface area is 91.4 Å². The molecule has 0 unspecified atom stereocenters. The highest BCUT2D eigenvalue weighted by molar-refractivity contribution is 9.10. The van der Waals surface area contributed by atoms with E-state index in [1.54, 1.807) is 12.3 Å². The molecule has 0 aliphatic rings. The van der Waals surface area contributed by atoms with Gasteiger partial charge in [-0.15, -0.1) is 6.58 Å². The van der Waals surface area contributed by atoms with Crippen LogP contribution < -0.4 is 5.32 Å². The van der Waals surface area contributed by atoms with Crippen LogP contribution in [-0.4, -0.2) is 10.9 Å². The number of carbonyl (C=O) groups is 1. The van der Waals surface area contributed by atoms with Crippen molar-refractivity contribution < 1.29 is 4.79 Å². The van der Waals surface area contributed by atoms with E-state index in [-0.39, 0.29) is 5.91 Å². The van der Waals surface area contributed by atoms with Gasteiger partial charge in [0.25, 0.3) is 0 Å². The second kappa shape index (κ2) is 4.91. The van der Waals surface area contributed by atoms with E-state index in [1.165, 1.54) is 0 Å². The van der Waals surface area contributed by atoms with E-state index in [9.17, 15) is 4.79 Å². The summed E-state index contributed by atoms with van der Waals surface area (Å²) in [6.07, 6.45) is 3.49. The van der Waals surface area contributed by atoms with Gasteiger partial charge in [-0.1, -0.05) is 6.08 Å². The third kappa shape index (κ3) is 2.96. The Kier molecular flexibility index (Phi) is 3.83. The van der Waals surface area contributed by atoms with Gasteiger partial charge in [0.1, 0.15) is 4.60 Å². The molecule has 1 heterocycles. The van der Waals surface area contributed by atoms with Crippen LogP contribution >= 0.6 is 15.9 Å². The van der Waals surface area contributed by atoms with Crippen molar-refractivity contribution in [2.24, 2.45) is 0 Å². The highest BCUT2D eigenvalue weighted by Crippen LogP contribution is 2.16. The molecule has 1 aromatic rings. The molecule has 1 aromatic heterocycles. The first-order chi connectivity index (χ1) is 6.63. The van der Waals surface area contributed by atoms with Gasteiger partial charge in [-0.25, -0.2) is 4.98 Å². The van der Waals surface area contributed by atoms with Crippen molar-refractivity contribution in [1.82, 2.24) is 4.98 Å². The van der Waals surface area contributed by atoms with Crippen molar-refractivity contribution in [2.75, 3.05) is 5.32 Å². The van der Waals surface area contributed by atoms with Crippen LogP contribution in [0.4, 0.5) is 5.69 Å². The Bertz CT molecular complexity index is 363. The first kappa shape index (κ1) is 10.9. The van der Waals surface area contributed by atoms with E-state index in [1.807, 2.05) is 13.0 Å². The summed E-state index contributed by atoms with van der Waals surface area (Å²) in [5.74, 6) is -0.0801. The fraction of sp³-hybridized carbons (Fsp3) is 0.200. The van der Waals surface area contributed by atoms with Crippen LogP contribution in [0.2, 0.25) is 0 Å².